The first kappa shape index (κ1) is 12.2. The van der Waals surface area contributed by atoms with Crippen LogP contribution < -0.4 is 10.6 Å². The number of hydrogen-bond acceptors (Lipinski definition) is 4. The maximum Gasteiger partial charge on any atom is 0.146 e. The van der Waals surface area contributed by atoms with Crippen molar-refractivity contribution in [2.75, 3.05) is 18.4 Å². The second kappa shape index (κ2) is 5.85. The summed E-state index contributed by atoms with van der Waals surface area (Å²) in [5.41, 5.74) is 0.464. The van der Waals surface area contributed by atoms with Crippen molar-refractivity contribution in [1.29, 1.82) is 5.26 Å². The van der Waals surface area contributed by atoms with Crippen LogP contribution >= 0.6 is 11.6 Å². The third kappa shape index (κ3) is 3.09. The van der Waals surface area contributed by atoms with Crippen molar-refractivity contribution in [1.82, 2.24) is 10.3 Å². The van der Waals surface area contributed by atoms with Gasteiger partial charge in [-0.15, -0.1) is 0 Å². The van der Waals surface area contributed by atoms with Gasteiger partial charge in [0, 0.05) is 18.8 Å². The van der Waals surface area contributed by atoms with Crippen LogP contribution in [0.5, 0.6) is 0 Å². The van der Waals surface area contributed by atoms with Gasteiger partial charge in [-0.3, -0.25) is 0 Å². The van der Waals surface area contributed by atoms with Crippen LogP contribution in [-0.4, -0.2) is 24.1 Å². The Morgan fingerprint density at radius 3 is 3.24 bits per heavy atom. The lowest BCUT2D eigenvalue weighted by molar-refractivity contribution is 0.634. The fourth-order valence-electron chi connectivity index (χ4n) is 1.97. The largest absolute Gasteiger partial charge is 0.365 e. The third-order valence-corrected chi connectivity index (χ3v) is 3.28. The lowest BCUT2D eigenvalue weighted by Gasteiger charge is -2.17. The molecule has 2 heterocycles. The Morgan fingerprint density at radius 2 is 2.41 bits per heavy atom. The van der Waals surface area contributed by atoms with Gasteiger partial charge in [0.05, 0.1) is 5.56 Å². The van der Waals surface area contributed by atoms with E-state index in [9.17, 15) is 0 Å². The van der Waals surface area contributed by atoms with Gasteiger partial charge in [0.1, 0.15) is 16.9 Å². The molecule has 1 unspecified atom stereocenters. The summed E-state index contributed by atoms with van der Waals surface area (Å²) in [4.78, 5) is 4.19. The van der Waals surface area contributed by atoms with Crippen LogP contribution in [0, 0.1) is 11.3 Å². The van der Waals surface area contributed by atoms with Gasteiger partial charge in [0.2, 0.25) is 0 Å². The zero-order chi connectivity index (χ0) is 12.1. The quantitative estimate of drug-likeness (QED) is 0.845. The molecule has 1 atom stereocenters. The molecular weight excluding hydrogens is 236 g/mol. The summed E-state index contributed by atoms with van der Waals surface area (Å²) in [7, 11) is 0. The molecule has 0 amide bonds. The lowest BCUT2D eigenvalue weighted by Crippen LogP contribution is -2.31. The van der Waals surface area contributed by atoms with Gasteiger partial charge in [-0.25, -0.2) is 4.98 Å². The molecule has 1 aliphatic heterocycles. The van der Waals surface area contributed by atoms with Gasteiger partial charge in [0.15, 0.2) is 0 Å². The summed E-state index contributed by atoms with van der Waals surface area (Å²) in [5.74, 6) is 0.611. The van der Waals surface area contributed by atoms with Gasteiger partial charge >= 0.3 is 0 Å². The van der Waals surface area contributed by atoms with Gasteiger partial charge in [-0.05, 0) is 25.5 Å². The molecular formula is C12H15ClN4. The molecule has 1 fully saturated rings. The molecule has 0 saturated carbocycles. The first-order valence-electron chi connectivity index (χ1n) is 5.83. The second-order valence-electron chi connectivity index (χ2n) is 4.17. The molecule has 1 aromatic heterocycles. The fraction of sp³-hybridized carbons (Fsp3) is 0.500. The number of nitrogens with zero attached hydrogens (tertiary/aromatic N) is 2. The first-order valence-corrected chi connectivity index (χ1v) is 6.21. The van der Waals surface area contributed by atoms with Crippen LogP contribution in [-0.2, 0) is 0 Å². The Labute approximate surface area is 106 Å². The molecule has 17 heavy (non-hydrogen) atoms. The number of pyridine rings is 1. The normalized spacial score (nSPS) is 20.4. The van der Waals surface area contributed by atoms with Crippen LogP contribution in [0.4, 0.5) is 5.82 Å². The molecule has 4 nitrogen and oxygen atoms in total. The Morgan fingerprint density at radius 1 is 1.53 bits per heavy atom. The number of rotatable bonds is 2. The molecule has 5 heteroatoms. The van der Waals surface area contributed by atoms with E-state index < -0.39 is 0 Å². The van der Waals surface area contributed by atoms with Gasteiger partial charge < -0.3 is 10.6 Å². The number of aromatic nitrogens is 1. The molecule has 2 rings (SSSR count). The molecule has 1 aromatic rings. The zero-order valence-electron chi connectivity index (χ0n) is 9.54. The van der Waals surface area contributed by atoms with Gasteiger partial charge in [-0.1, -0.05) is 18.0 Å². The van der Waals surface area contributed by atoms with E-state index in [2.05, 4.69) is 21.7 Å². The van der Waals surface area contributed by atoms with E-state index in [1.807, 2.05) is 0 Å². The minimum atomic E-state index is 0.330. The average molecular weight is 251 g/mol. The van der Waals surface area contributed by atoms with Gasteiger partial charge in [-0.2, -0.15) is 5.26 Å². The number of nitrogens with one attached hydrogen (secondary N) is 2. The first-order chi connectivity index (χ1) is 8.31. The lowest BCUT2D eigenvalue weighted by atomic mass is 10.1. The van der Waals surface area contributed by atoms with Crippen LogP contribution in [0.1, 0.15) is 24.8 Å². The molecule has 1 aliphatic rings. The highest BCUT2D eigenvalue weighted by Crippen LogP contribution is 2.24. The summed E-state index contributed by atoms with van der Waals surface area (Å²) in [6, 6.07) is 4.01. The summed E-state index contributed by atoms with van der Waals surface area (Å²) in [6.07, 6.45) is 5.11. The van der Waals surface area contributed by atoms with E-state index in [4.69, 9.17) is 16.9 Å². The third-order valence-electron chi connectivity index (χ3n) is 2.90. The standard InChI is InChI=1S/C12H15ClN4/c13-11-9(7-14)4-6-16-12(11)17-10-3-1-2-5-15-8-10/h4,6,10,15H,1-3,5,8H2,(H,16,17). The highest BCUT2D eigenvalue weighted by molar-refractivity contribution is 6.34. The molecule has 0 aliphatic carbocycles. The van der Waals surface area contributed by atoms with E-state index in [1.165, 1.54) is 12.8 Å². The minimum absolute atomic E-state index is 0.330. The zero-order valence-corrected chi connectivity index (χ0v) is 10.3. The highest BCUT2D eigenvalue weighted by Gasteiger charge is 2.14. The molecule has 0 radical (unpaired) electrons. The minimum Gasteiger partial charge on any atom is -0.365 e. The summed E-state index contributed by atoms with van der Waals surface area (Å²) >= 11 is 6.10. The molecule has 1 saturated heterocycles. The van der Waals surface area contributed by atoms with Crippen molar-refractivity contribution in [2.24, 2.45) is 0 Å². The SMILES string of the molecule is N#Cc1ccnc(NC2CCCCNC2)c1Cl. The summed E-state index contributed by atoms with van der Waals surface area (Å²) in [6.45, 7) is 1.98. The van der Waals surface area contributed by atoms with Crippen molar-refractivity contribution in [2.45, 2.75) is 25.3 Å². The van der Waals surface area contributed by atoms with Crippen molar-refractivity contribution in [3.05, 3.63) is 22.8 Å². The van der Waals surface area contributed by atoms with Crippen molar-refractivity contribution in [3.63, 3.8) is 0 Å². The van der Waals surface area contributed by atoms with Crippen molar-refractivity contribution in [3.8, 4) is 6.07 Å². The van der Waals surface area contributed by atoms with Gasteiger partial charge in [0.25, 0.3) is 0 Å². The Hall–Kier alpha value is -1.31. The molecule has 2 N–H and O–H groups in total. The monoisotopic (exact) mass is 250 g/mol. The Kier molecular flexibility index (Phi) is 4.18. The molecule has 0 aromatic carbocycles. The van der Waals surface area contributed by atoms with E-state index in [0.717, 1.165) is 19.5 Å². The predicted octanol–water partition coefficient (Wildman–Crippen LogP) is 2.16. The molecule has 90 valence electrons. The van der Waals surface area contributed by atoms with Crippen LogP contribution in [0.25, 0.3) is 0 Å². The number of anilines is 1. The van der Waals surface area contributed by atoms with E-state index in [1.54, 1.807) is 12.3 Å². The number of hydrogen-bond donors (Lipinski definition) is 2. The van der Waals surface area contributed by atoms with E-state index in [0.29, 0.717) is 22.4 Å². The topological polar surface area (TPSA) is 60.7 Å². The maximum atomic E-state index is 8.89. The number of nitriles is 1. The molecule has 0 spiro atoms. The Balaban J connectivity index is 2.10. The van der Waals surface area contributed by atoms with E-state index in [-0.39, 0.29) is 0 Å². The second-order valence-corrected chi connectivity index (χ2v) is 4.55. The smallest absolute Gasteiger partial charge is 0.146 e. The van der Waals surface area contributed by atoms with Crippen molar-refractivity contribution >= 4 is 17.4 Å². The maximum absolute atomic E-state index is 8.89. The van der Waals surface area contributed by atoms with E-state index >= 15 is 0 Å². The Bertz CT molecular complexity index is 419. The highest BCUT2D eigenvalue weighted by atomic mass is 35.5. The number of halogens is 1. The fourth-order valence-corrected chi connectivity index (χ4v) is 2.17. The van der Waals surface area contributed by atoms with Crippen LogP contribution in [0.3, 0.4) is 0 Å². The van der Waals surface area contributed by atoms with Crippen LogP contribution in [0.15, 0.2) is 12.3 Å². The average Bonchev–Trinajstić information content (AvgIpc) is 2.60. The summed E-state index contributed by atoms with van der Waals surface area (Å²) < 4.78 is 0. The molecule has 0 bridgehead atoms. The summed E-state index contributed by atoms with van der Waals surface area (Å²) in [5, 5.41) is 16.0. The predicted molar refractivity (Wildman–Crippen MR) is 68.1 cm³/mol. The van der Waals surface area contributed by atoms with Crippen molar-refractivity contribution < 1.29 is 0 Å². The van der Waals surface area contributed by atoms with Crippen LogP contribution in [0.2, 0.25) is 5.02 Å².